The molecular formula is C28H38N2O3. The third-order valence-electron chi connectivity index (χ3n) is 6.49. The van der Waals surface area contributed by atoms with E-state index in [-0.39, 0.29) is 24.3 Å². The first-order valence-electron chi connectivity index (χ1n) is 12.2. The Balaban J connectivity index is 1.82. The van der Waals surface area contributed by atoms with E-state index >= 15 is 0 Å². The highest BCUT2D eigenvalue weighted by molar-refractivity contribution is 5.88. The zero-order valence-corrected chi connectivity index (χ0v) is 20.5. The number of hydrogen-bond acceptors (Lipinski definition) is 3. The number of hydrogen-bond donors (Lipinski definition) is 1. The molecule has 1 fully saturated rings. The van der Waals surface area contributed by atoms with Gasteiger partial charge in [-0.3, -0.25) is 9.59 Å². The first-order chi connectivity index (χ1) is 15.9. The number of benzene rings is 2. The number of aryl methyl sites for hydroxylation is 2. The Morgan fingerprint density at radius 2 is 1.64 bits per heavy atom. The second-order valence-corrected chi connectivity index (χ2v) is 9.31. The van der Waals surface area contributed by atoms with Crippen LogP contribution in [0.4, 0.5) is 0 Å². The van der Waals surface area contributed by atoms with Crippen LogP contribution in [0.2, 0.25) is 0 Å². The predicted molar refractivity (Wildman–Crippen MR) is 132 cm³/mol. The summed E-state index contributed by atoms with van der Waals surface area (Å²) in [7, 11) is 1.64. The highest BCUT2D eigenvalue weighted by Gasteiger charge is 2.30. The van der Waals surface area contributed by atoms with Crippen molar-refractivity contribution in [3.63, 3.8) is 0 Å². The van der Waals surface area contributed by atoms with Crippen LogP contribution in [-0.2, 0) is 22.6 Å². The van der Waals surface area contributed by atoms with E-state index in [1.54, 1.807) is 12.0 Å². The minimum Gasteiger partial charge on any atom is -0.497 e. The Morgan fingerprint density at radius 1 is 1.00 bits per heavy atom. The first kappa shape index (κ1) is 24.8. The summed E-state index contributed by atoms with van der Waals surface area (Å²) in [5.41, 5.74) is 4.25. The molecule has 5 nitrogen and oxygen atoms in total. The first-order valence-corrected chi connectivity index (χ1v) is 12.2. The van der Waals surface area contributed by atoms with Crippen molar-refractivity contribution in [1.82, 2.24) is 10.2 Å². The van der Waals surface area contributed by atoms with Crippen molar-refractivity contribution in [2.45, 2.75) is 84.3 Å². The number of nitrogens with zero attached hydrogens (tertiary/aromatic N) is 1. The zero-order chi connectivity index (χ0) is 23.8. The highest BCUT2D eigenvalue weighted by atomic mass is 16.5. The summed E-state index contributed by atoms with van der Waals surface area (Å²) in [6.07, 6.45) is 6.46. The molecule has 5 heteroatoms. The second kappa shape index (κ2) is 11.9. The molecule has 0 unspecified atom stereocenters. The minimum atomic E-state index is -0.493. The summed E-state index contributed by atoms with van der Waals surface area (Å²) < 4.78 is 5.27. The quantitative estimate of drug-likeness (QED) is 0.577. The average Bonchev–Trinajstić information content (AvgIpc) is 2.79. The molecule has 1 atom stereocenters. The SMILES string of the molecule is CC[C@H](C(=O)NC1CCCCC1)N(Cc1ccc(OC)cc1)C(=O)Cc1cc(C)cc(C)c1. The fourth-order valence-corrected chi connectivity index (χ4v) is 4.84. The van der Waals surface area contributed by atoms with Gasteiger partial charge in [-0.05, 0) is 56.4 Å². The van der Waals surface area contributed by atoms with Crippen molar-refractivity contribution >= 4 is 11.8 Å². The number of nitrogens with one attached hydrogen (secondary N) is 1. The van der Waals surface area contributed by atoms with Crippen LogP contribution >= 0.6 is 0 Å². The van der Waals surface area contributed by atoms with Crippen molar-refractivity contribution < 1.29 is 14.3 Å². The van der Waals surface area contributed by atoms with Gasteiger partial charge in [0.15, 0.2) is 0 Å². The fourth-order valence-electron chi connectivity index (χ4n) is 4.84. The van der Waals surface area contributed by atoms with Crippen LogP contribution in [0.5, 0.6) is 5.75 Å². The number of methoxy groups -OCH3 is 1. The molecule has 0 radical (unpaired) electrons. The van der Waals surface area contributed by atoms with Crippen molar-refractivity contribution in [2.75, 3.05) is 7.11 Å². The van der Waals surface area contributed by atoms with Gasteiger partial charge in [0.25, 0.3) is 0 Å². The largest absolute Gasteiger partial charge is 0.497 e. The average molecular weight is 451 g/mol. The molecule has 0 heterocycles. The van der Waals surface area contributed by atoms with E-state index in [2.05, 4.69) is 23.5 Å². The number of amides is 2. The van der Waals surface area contributed by atoms with Crippen LogP contribution in [0, 0.1) is 13.8 Å². The van der Waals surface area contributed by atoms with Gasteiger partial charge in [0.1, 0.15) is 11.8 Å². The molecule has 2 aromatic carbocycles. The Kier molecular flexibility index (Phi) is 8.93. The molecule has 0 aliphatic heterocycles. The molecule has 1 N–H and O–H groups in total. The standard InChI is InChI=1S/C28H38N2O3/c1-5-26(28(32)29-24-9-7-6-8-10-24)30(19-22-11-13-25(33-4)14-12-22)27(31)18-23-16-20(2)15-21(3)17-23/h11-17,24,26H,5-10,18-19H2,1-4H3,(H,29,32)/t26-/m1/s1. The molecular weight excluding hydrogens is 412 g/mol. The summed E-state index contributed by atoms with van der Waals surface area (Å²) in [6, 6.07) is 13.7. The van der Waals surface area contributed by atoms with Crippen molar-refractivity contribution in [1.29, 1.82) is 0 Å². The summed E-state index contributed by atoms with van der Waals surface area (Å²) in [6.45, 7) is 6.46. The summed E-state index contributed by atoms with van der Waals surface area (Å²) in [4.78, 5) is 28.7. The highest BCUT2D eigenvalue weighted by Crippen LogP contribution is 2.21. The Hall–Kier alpha value is -2.82. The number of carbonyl (C=O) groups is 2. The van der Waals surface area contributed by atoms with Crippen LogP contribution in [0.25, 0.3) is 0 Å². The minimum absolute atomic E-state index is 0.0264. The lowest BCUT2D eigenvalue weighted by Crippen LogP contribution is -2.51. The Labute approximate surface area is 198 Å². The third-order valence-corrected chi connectivity index (χ3v) is 6.49. The summed E-state index contributed by atoms with van der Waals surface area (Å²) in [5, 5.41) is 3.24. The lowest BCUT2D eigenvalue weighted by Gasteiger charge is -2.33. The fraction of sp³-hybridized carbons (Fsp3) is 0.500. The van der Waals surface area contributed by atoms with Gasteiger partial charge in [0, 0.05) is 12.6 Å². The number of carbonyl (C=O) groups excluding carboxylic acids is 2. The molecule has 178 valence electrons. The second-order valence-electron chi connectivity index (χ2n) is 9.31. The molecule has 0 saturated heterocycles. The molecule has 0 spiro atoms. The maximum absolute atomic E-state index is 13.6. The van der Waals surface area contributed by atoms with E-state index < -0.39 is 6.04 Å². The van der Waals surface area contributed by atoms with E-state index in [1.807, 2.05) is 45.0 Å². The molecule has 1 saturated carbocycles. The topological polar surface area (TPSA) is 58.6 Å². The van der Waals surface area contributed by atoms with Gasteiger partial charge in [0.05, 0.1) is 13.5 Å². The molecule has 0 aromatic heterocycles. The lowest BCUT2D eigenvalue weighted by atomic mass is 9.95. The van der Waals surface area contributed by atoms with Gasteiger partial charge in [-0.15, -0.1) is 0 Å². The van der Waals surface area contributed by atoms with Gasteiger partial charge in [-0.1, -0.05) is 67.6 Å². The summed E-state index contributed by atoms with van der Waals surface area (Å²) >= 11 is 0. The van der Waals surface area contributed by atoms with E-state index in [0.717, 1.165) is 53.7 Å². The molecule has 2 amide bonds. The van der Waals surface area contributed by atoms with E-state index in [0.29, 0.717) is 13.0 Å². The van der Waals surface area contributed by atoms with Crippen LogP contribution in [0.3, 0.4) is 0 Å². The van der Waals surface area contributed by atoms with Gasteiger partial charge >= 0.3 is 0 Å². The van der Waals surface area contributed by atoms with E-state index in [1.165, 1.54) is 6.42 Å². The van der Waals surface area contributed by atoms with Crippen molar-refractivity contribution in [2.24, 2.45) is 0 Å². The summed E-state index contributed by atoms with van der Waals surface area (Å²) in [5.74, 6) is 0.710. The lowest BCUT2D eigenvalue weighted by molar-refractivity contribution is -0.141. The van der Waals surface area contributed by atoms with E-state index in [9.17, 15) is 9.59 Å². The smallest absolute Gasteiger partial charge is 0.243 e. The maximum Gasteiger partial charge on any atom is 0.243 e. The molecule has 1 aliphatic carbocycles. The van der Waals surface area contributed by atoms with Gasteiger partial charge in [-0.2, -0.15) is 0 Å². The predicted octanol–water partition coefficient (Wildman–Crippen LogP) is 5.11. The van der Waals surface area contributed by atoms with E-state index in [4.69, 9.17) is 4.74 Å². The normalized spacial score (nSPS) is 15.0. The van der Waals surface area contributed by atoms with Gasteiger partial charge < -0.3 is 15.0 Å². The number of rotatable bonds is 9. The Bertz CT molecular complexity index is 912. The van der Waals surface area contributed by atoms with Crippen molar-refractivity contribution in [3.05, 3.63) is 64.7 Å². The Morgan fingerprint density at radius 3 is 2.21 bits per heavy atom. The number of ether oxygens (including phenoxy) is 1. The maximum atomic E-state index is 13.6. The molecule has 1 aliphatic rings. The van der Waals surface area contributed by atoms with Crippen LogP contribution < -0.4 is 10.1 Å². The van der Waals surface area contributed by atoms with Gasteiger partial charge in [0.2, 0.25) is 11.8 Å². The van der Waals surface area contributed by atoms with Gasteiger partial charge in [-0.25, -0.2) is 0 Å². The monoisotopic (exact) mass is 450 g/mol. The van der Waals surface area contributed by atoms with Crippen LogP contribution in [0.15, 0.2) is 42.5 Å². The van der Waals surface area contributed by atoms with Crippen LogP contribution in [0.1, 0.15) is 67.7 Å². The zero-order valence-electron chi connectivity index (χ0n) is 20.5. The van der Waals surface area contributed by atoms with Crippen LogP contribution in [-0.4, -0.2) is 35.9 Å². The van der Waals surface area contributed by atoms with Crippen molar-refractivity contribution in [3.8, 4) is 5.75 Å². The molecule has 2 aromatic rings. The molecule has 0 bridgehead atoms. The third kappa shape index (κ3) is 7.08. The molecule has 3 rings (SSSR count). The molecule has 33 heavy (non-hydrogen) atoms.